The zero-order valence-electron chi connectivity index (χ0n) is 12.8. The lowest BCUT2D eigenvalue weighted by atomic mass is 10.0. The van der Waals surface area contributed by atoms with Crippen molar-refractivity contribution in [3.63, 3.8) is 0 Å². The molecule has 0 atom stereocenters. The Hall–Kier alpha value is -2.03. The van der Waals surface area contributed by atoms with E-state index in [0.29, 0.717) is 19.1 Å². The molecule has 2 aromatic carbocycles. The summed E-state index contributed by atoms with van der Waals surface area (Å²) in [5, 5.41) is 3.15. The minimum atomic E-state index is -0.235. The van der Waals surface area contributed by atoms with Crippen LogP contribution in [0.15, 0.2) is 42.5 Å². The van der Waals surface area contributed by atoms with Crippen molar-refractivity contribution >= 4 is 5.69 Å². The first-order chi connectivity index (χ1) is 10.1. The number of nitrogens with one attached hydrogen (secondary N) is 1. The Kier molecular flexibility index (Phi) is 5.20. The number of aryl methyl sites for hydroxylation is 1. The van der Waals surface area contributed by atoms with Crippen LogP contribution < -0.4 is 10.1 Å². The molecule has 0 spiro atoms. The lowest BCUT2D eigenvalue weighted by Crippen LogP contribution is -2.12. The maximum Gasteiger partial charge on any atom is 0.125 e. The van der Waals surface area contributed by atoms with E-state index >= 15 is 0 Å². The summed E-state index contributed by atoms with van der Waals surface area (Å²) in [5.41, 5.74) is 3.17. The van der Waals surface area contributed by atoms with Gasteiger partial charge in [0.2, 0.25) is 0 Å². The Balaban J connectivity index is 1.87. The van der Waals surface area contributed by atoms with E-state index in [4.69, 9.17) is 4.74 Å². The molecule has 0 saturated heterocycles. The first-order valence-corrected chi connectivity index (χ1v) is 7.29. The molecule has 0 bridgehead atoms. The van der Waals surface area contributed by atoms with Gasteiger partial charge in [0.15, 0.2) is 0 Å². The monoisotopic (exact) mass is 287 g/mol. The molecule has 0 saturated carbocycles. The van der Waals surface area contributed by atoms with Crippen LogP contribution in [-0.2, 0) is 0 Å². The second-order valence-electron chi connectivity index (χ2n) is 5.47. The fraction of sp³-hybridized carbons (Fsp3) is 0.333. The number of rotatable bonds is 6. The highest BCUT2D eigenvalue weighted by Crippen LogP contribution is 2.24. The Bertz CT molecular complexity index is 596. The lowest BCUT2D eigenvalue weighted by molar-refractivity contribution is 0.330. The number of anilines is 1. The van der Waals surface area contributed by atoms with Gasteiger partial charge in [-0.15, -0.1) is 0 Å². The van der Waals surface area contributed by atoms with Crippen molar-refractivity contribution in [2.45, 2.75) is 26.7 Å². The molecule has 0 aliphatic rings. The predicted octanol–water partition coefficient (Wildman–Crippen LogP) is 4.75. The molecule has 0 unspecified atom stereocenters. The summed E-state index contributed by atoms with van der Waals surface area (Å²) < 4.78 is 18.9. The van der Waals surface area contributed by atoms with Crippen molar-refractivity contribution in [1.82, 2.24) is 0 Å². The van der Waals surface area contributed by atoms with Gasteiger partial charge in [-0.1, -0.05) is 32.0 Å². The van der Waals surface area contributed by atoms with Crippen molar-refractivity contribution < 1.29 is 9.13 Å². The molecule has 112 valence electrons. The van der Waals surface area contributed by atoms with Gasteiger partial charge in [-0.05, 0) is 48.2 Å². The number of benzene rings is 2. The van der Waals surface area contributed by atoms with Gasteiger partial charge in [0.25, 0.3) is 0 Å². The molecular formula is C18H22FNO. The Morgan fingerprint density at radius 3 is 2.67 bits per heavy atom. The number of hydrogen-bond donors (Lipinski definition) is 1. The fourth-order valence-corrected chi connectivity index (χ4v) is 2.09. The van der Waals surface area contributed by atoms with Crippen molar-refractivity contribution in [1.29, 1.82) is 0 Å². The smallest absolute Gasteiger partial charge is 0.125 e. The predicted molar refractivity (Wildman–Crippen MR) is 85.7 cm³/mol. The van der Waals surface area contributed by atoms with Crippen LogP contribution >= 0.6 is 0 Å². The quantitative estimate of drug-likeness (QED) is 0.774. The molecule has 0 heterocycles. The molecule has 0 aromatic heterocycles. The van der Waals surface area contributed by atoms with E-state index < -0.39 is 0 Å². The van der Waals surface area contributed by atoms with E-state index in [1.807, 2.05) is 13.0 Å². The average molecular weight is 287 g/mol. The zero-order valence-corrected chi connectivity index (χ0v) is 12.8. The maximum atomic E-state index is 13.0. The van der Waals surface area contributed by atoms with E-state index in [9.17, 15) is 4.39 Å². The Labute approximate surface area is 126 Å². The molecule has 21 heavy (non-hydrogen) atoms. The van der Waals surface area contributed by atoms with Crippen LogP contribution in [0.1, 0.15) is 30.9 Å². The highest BCUT2D eigenvalue weighted by Gasteiger charge is 2.04. The molecule has 2 aromatic rings. The SMILES string of the molecule is Cc1ccc(C(C)C)cc1OCCNc1cccc(F)c1. The van der Waals surface area contributed by atoms with E-state index in [2.05, 4.69) is 37.4 Å². The Morgan fingerprint density at radius 2 is 1.95 bits per heavy atom. The van der Waals surface area contributed by atoms with E-state index in [-0.39, 0.29) is 5.82 Å². The van der Waals surface area contributed by atoms with Gasteiger partial charge in [0.1, 0.15) is 18.2 Å². The minimum absolute atomic E-state index is 0.235. The standard InChI is InChI=1S/C18H22FNO/c1-13(2)15-8-7-14(3)18(11-15)21-10-9-20-17-6-4-5-16(19)12-17/h4-8,11-13,20H,9-10H2,1-3H3. The average Bonchev–Trinajstić information content (AvgIpc) is 2.45. The molecular weight excluding hydrogens is 265 g/mol. The van der Waals surface area contributed by atoms with Gasteiger partial charge >= 0.3 is 0 Å². The van der Waals surface area contributed by atoms with Crippen molar-refractivity contribution in [2.24, 2.45) is 0 Å². The van der Waals surface area contributed by atoms with E-state index in [0.717, 1.165) is 17.0 Å². The summed E-state index contributed by atoms with van der Waals surface area (Å²) in [6.45, 7) is 7.55. The third-order valence-electron chi connectivity index (χ3n) is 3.39. The molecule has 2 rings (SSSR count). The van der Waals surface area contributed by atoms with Crippen LogP contribution in [-0.4, -0.2) is 13.2 Å². The summed E-state index contributed by atoms with van der Waals surface area (Å²) in [5.74, 6) is 1.17. The third-order valence-corrected chi connectivity index (χ3v) is 3.39. The Morgan fingerprint density at radius 1 is 1.14 bits per heavy atom. The van der Waals surface area contributed by atoms with E-state index in [1.165, 1.54) is 17.7 Å². The maximum absolute atomic E-state index is 13.0. The molecule has 3 heteroatoms. The summed E-state index contributed by atoms with van der Waals surface area (Å²) in [7, 11) is 0. The zero-order chi connectivity index (χ0) is 15.2. The van der Waals surface area contributed by atoms with Gasteiger partial charge in [-0.3, -0.25) is 0 Å². The third kappa shape index (κ3) is 4.48. The van der Waals surface area contributed by atoms with Gasteiger partial charge < -0.3 is 10.1 Å². The van der Waals surface area contributed by atoms with Gasteiger partial charge in [-0.25, -0.2) is 4.39 Å². The normalized spacial score (nSPS) is 10.7. The van der Waals surface area contributed by atoms with Crippen molar-refractivity contribution in [3.8, 4) is 5.75 Å². The molecule has 0 radical (unpaired) electrons. The van der Waals surface area contributed by atoms with Crippen LogP contribution in [0.25, 0.3) is 0 Å². The largest absolute Gasteiger partial charge is 0.491 e. The number of hydrogen-bond acceptors (Lipinski definition) is 2. The lowest BCUT2D eigenvalue weighted by Gasteiger charge is -2.13. The van der Waals surface area contributed by atoms with Crippen molar-refractivity contribution in [2.75, 3.05) is 18.5 Å². The minimum Gasteiger partial charge on any atom is -0.491 e. The topological polar surface area (TPSA) is 21.3 Å². The van der Waals surface area contributed by atoms with Crippen LogP contribution in [0.5, 0.6) is 5.75 Å². The molecule has 0 aliphatic carbocycles. The highest BCUT2D eigenvalue weighted by atomic mass is 19.1. The number of ether oxygens (including phenoxy) is 1. The first-order valence-electron chi connectivity index (χ1n) is 7.29. The van der Waals surface area contributed by atoms with Crippen LogP contribution in [0.3, 0.4) is 0 Å². The first kappa shape index (κ1) is 15.4. The van der Waals surface area contributed by atoms with Gasteiger partial charge in [0, 0.05) is 12.2 Å². The van der Waals surface area contributed by atoms with Crippen molar-refractivity contribution in [3.05, 3.63) is 59.4 Å². The van der Waals surface area contributed by atoms with Gasteiger partial charge in [0.05, 0.1) is 0 Å². The second kappa shape index (κ2) is 7.11. The molecule has 2 nitrogen and oxygen atoms in total. The number of halogens is 1. The van der Waals surface area contributed by atoms with Gasteiger partial charge in [-0.2, -0.15) is 0 Å². The summed E-state index contributed by atoms with van der Waals surface area (Å²) in [6, 6.07) is 12.8. The molecule has 1 N–H and O–H groups in total. The van der Waals surface area contributed by atoms with Crippen LogP contribution in [0.4, 0.5) is 10.1 Å². The van der Waals surface area contributed by atoms with Crippen LogP contribution in [0, 0.1) is 12.7 Å². The molecule has 0 amide bonds. The van der Waals surface area contributed by atoms with Crippen LogP contribution in [0.2, 0.25) is 0 Å². The molecule has 0 fully saturated rings. The summed E-state index contributed by atoms with van der Waals surface area (Å²) >= 11 is 0. The highest BCUT2D eigenvalue weighted by molar-refractivity contribution is 5.43. The summed E-state index contributed by atoms with van der Waals surface area (Å²) in [4.78, 5) is 0. The van der Waals surface area contributed by atoms with E-state index in [1.54, 1.807) is 6.07 Å². The fourth-order valence-electron chi connectivity index (χ4n) is 2.09. The molecule has 0 aliphatic heterocycles. The second-order valence-corrected chi connectivity index (χ2v) is 5.47. The summed E-state index contributed by atoms with van der Waals surface area (Å²) in [6.07, 6.45) is 0.